The lowest BCUT2D eigenvalue weighted by Gasteiger charge is -2.29. The van der Waals surface area contributed by atoms with E-state index in [-0.39, 0.29) is 0 Å². The SMILES string of the molecule is CC1CCCCC1Oc1ncccc1CN. The van der Waals surface area contributed by atoms with Crippen LogP contribution >= 0.6 is 0 Å². The Bertz CT molecular complexity index is 340. The normalized spacial score (nSPS) is 25.4. The number of pyridine rings is 1. The van der Waals surface area contributed by atoms with Crippen molar-refractivity contribution in [2.75, 3.05) is 0 Å². The van der Waals surface area contributed by atoms with Gasteiger partial charge in [0.1, 0.15) is 6.10 Å². The number of aromatic nitrogens is 1. The third-order valence-electron chi connectivity index (χ3n) is 3.37. The second-order valence-corrected chi connectivity index (χ2v) is 4.59. The zero-order valence-electron chi connectivity index (χ0n) is 9.86. The van der Waals surface area contributed by atoms with Crippen molar-refractivity contribution in [1.29, 1.82) is 0 Å². The number of hydrogen-bond acceptors (Lipinski definition) is 3. The zero-order chi connectivity index (χ0) is 11.4. The summed E-state index contributed by atoms with van der Waals surface area (Å²) in [6, 6.07) is 3.88. The minimum Gasteiger partial charge on any atom is -0.474 e. The molecule has 2 unspecified atom stereocenters. The molecule has 0 saturated heterocycles. The lowest BCUT2D eigenvalue weighted by atomic mass is 9.88. The molecule has 0 amide bonds. The van der Waals surface area contributed by atoms with Crippen molar-refractivity contribution in [3.05, 3.63) is 23.9 Å². The van der Waals surface area contributed by atoms with Crippen LogP contribution in [0, 0.1) is 5.92 Å². The fourth-order valence-corrected chi connectivity index (χ4v) is 2.29. The van der Waals surface area contributed by atoms with Crippen LogP contribution in [0.5, 0.6) is 5.88 Å². The van der Waals surface area contributed by atoms with Gasteiger partial charge in [0.2, 0.25) is 5.88 Å². The van der Waals surface area contributed by atoms with E-state index in [9.17, 15) is 0 Å². The van der Waals surface area contributed by atoms with Gasteiger partial charge in [-0.1, -0.05) is 19.4 Å². The predicted octanol–water partition coefficient (Wildman–Crippen LogP) is 2.50. The molecule has 1 aromatic heterocycles. The van der Waals surface area contributed by atoms with E-state index in [1.54, 1.807) is 6.20 Å². The highest BCUT2D eigenvalue weighted by Gasteiger charge is 2.23. The first kappa shape index (κ1) is 11.4. The molecule has 0 aromatic carbocycles. The van der Waals surface area contributed by atoms with Gasteiger partial charge in [-0.05, 0) is 31.2 Å². The standard InChI is InChI=1S/C13H20N2O/c1-10-5-2-3-7-12(10)16-13-11(9-14)6-4-8-15-13/h4,6,8,10,12H,2-3,5,7,9,14H2,1H3. The summed E-state index contributed by atoms with van der Waals surface area (Å²) in [5.41, 5.74) is 6.67. The highest BCUT2D eigenvalue weighted by molar-refractivity contribution is 5.25. The van der Waals surface area contributed by atoms with Crippen LogP contribution < -0.4 is 10.5 Å². The molecule has 2 rings (SSSR count). The van der Waals surface area contributed by atoms with Crippen LogP contribution in [0.3, 0.4) is 0 Å². The summed E-state index contributed by atoms with van der Waals surface area (Å²) in [6.45, 7) is 2.75. The molecule has 1 aliphatic rings. The van der Waals surface area contributed by atoms with E-state index < -0.39 is 0 Å². The monoisotopic (exact) mass is 220 g/mol. The number of ether oxygens (including phenoxy) is 1. The van der Waals surface area contributed by atoms with Gasteiger partial charge in [-0.2, -0.15) is 0 Å². The van der Waals surface area contributed by atoms with Gasteiger partial charge in [-0.25, -0.2) is 4.98 Å². The molecule has 2 atom stereocenters. The number of nitrogens with two attached hydrogens (primary N) is 1. The Morgan fingerprint density at radius 3 is 3.00 bits per heavy atom. The molecule has 1 fully saturated rings. The number of rotatable bonds is 3. The lowest BCUT2D eigenvalue weighted by molar-refractivity contribution is 0.0964. The van der Waals surface area contributed by atoms with Crippen LogP contribution in [-0.2, 0) is 6.54 Å². The van der Waals surface area contributed by atoms with Gasteiger partial charge >= 0.3 is 0 Å². The van der Waals surface area contributed by atoms with E-state index in [0.717, 1.165) is 17.9 Å². The molecule has 0 radical (unpaired) electrons. The molecule has 0 spiro atoms. The maximum Gasteiger partial charge on any atom is 0.218 e. The predicted molar refractivity (Wildman–Crippen MR) is 64.2 cm³/mol. The highest BCUT2D eigenvalue weighted by Crippen LogP contribution is 2.28. The van der Waals surface area contributed by atoms with Crippen molar-refractivity contribution < 1.29 is 4.74 Å². The molecule has 3 heteroatoms. The molecule has 1 aromatic rings. The third-order valence-corrected chi connectivity index (χ3v) is 3.37. The van der Waals surface area contributed by atoms with Crippen LogP contribution in [0.2, 0.25) is 0 Å². The van der Waals surface area contributed by atoms with Gasteiger partial charge in [-0.15, -0.1) is 0 Å². The lowest BCUT2D eigenvalue weighted by Crippen LogP contribution is -2.29. The zero-order valence-corrected chi connectivity index (χ0v) is 9.86. The van der Waals surface area contributed by atoms with Gasteiger partial charge in [-0.3, -0.25) is 0 Å². The minimum absolute atomic E-state index is 0.314. The summed E-state index contributed by atoms with van der Waals surface area (Å²) < 4.78 is 6.00. The molecule has 1 aliphatic carbocycles. The van der Waals surface area contributed by atoms with Crippen LogP contribution in [0.25, 0.3) is 0 Å². The van der Waals surface area contributed by atoms with Gasteiger partial charge < -0.3 is 10.5 Å². The summed E-state index contributed by atoms with van der Waals surface area (Å²) in [6.07, 6.45) is 7.07. The topological polar surface area (TPSA) is 48.1 Å². The summed E-state index contributed by atoms with van der Waals surface area (Å²) in [7, 11) is 0. The van der Waals surface area contributed by atoms with Gasteiger partial charge in [0, 0.05) is 18.3 Å². The first-order valence-corrected chi connectivity index (χ1v) is 6.12. The van der Waals surface area contributed by atoms with Gasteiger partial charge in [0.25, 0.3) is 0 Å². The Hall–Kier alpha value is -1.09. The molecular formula is C13H20N2O. The van der Waals surface area contributed by atoms with Crippen molar-refractivity contribution in [1.82, 2.24) is 4.98 Å². The summed E-state index contributed by atoms with van der Waals surface area (Å²) >= 11 is 0. The molecule has 0 bridgehead atoms. The fourth-order valence-electron chi connectivity index (χ4n) is 2.29. The van der Waals surface area contributed by atoms with Gasteiger partial charge in [0.15, 0.2) is 0 Å². The number of hydrogen-bond donors (Lipinski definition) is 1. The van der Waals surface area contributed by atoms with Crippen LogP contribution in [0.4, 0.5) is 0 Å². The largest absolute Gasteiger partial charge is 0.474 e. The first-order chi connectivity index (χ1) is 7.81. The number of nitrogens with zero attached hydrogens (tertiary/aromatic N) is 1. The van der Waals surface area contributed by atoms with Crippen molar-refractivity contribution >= 4 is 0 Å². The highest BCUT2D eigenvalue weighted by atomic mass is 16.5. The molecule has 3 nitrogen and oxygen atoms in total. The Morgan fingerprint density at radius 2 is 2.25 bits per heavy atom. The van der Waals surface area contributed by atoms with Crippen molar-refractivity contribution in [2.24, 2.45) is 11.7 Å². The maximum absolute atomic E-state index is 6.00. The van der Waals surface area contributed by atoms with E-state index in [4.69, 9.17) is 10.5 Å². The summed E-state index contributed by atoms with van der Waals surface area (Å²) in [4.78, 5) is 4.28. The molecule has 1 heterocycles. The smallest absolute Gasteiger partial charge is 0.218 e. The van der Waals surface area contributed by atoms with E-state index in [2.05, 4.69) is 11.9 Å². The fraction of sp³-hybridized carbons (Fsp3) is 0.615. The molecule has 0 aliphatic heterocycles. The minimum atomic E-state index is 0.314. The third kappa shape index (κ3) is 2.53. The molecule has 2 N–H and O–H groups in total. The second-order valence-electron chi connectivity index (χ2n) is 4.59. The van der Waals surface area contributed by atoms with E-state index in [1.807, 2.05) is 12.1 Å². The van der Waals surface area contributed by atoms with Crippen LogP contribution in [-0.4, -0.2) is 11.1 Å². The van der Waals surface area contributed by atoms with Crippen molar-refractivity contribution in [3.63, 3.8) is 0 Å². The Balaban J connectivity index is 2.07. The van der Waals surface area contributed by atoms with E-state index >= 15 is 0 Å². The van der Waals surface area contributed by atoms with Crippen LogP contribution in [0.1, 0.15) is 38.2 Å². The Kier molecular flexibility index (Phi) is 3.78. The van der Waals surface area contributed by atoms with E-state index in [1.165, 1.54) is 19.3 Å². The molecule has 88 valence electrons. The van der Waals surface area contributed by atoms with Gasteiger partial charge in [0.05, 0.1) is 0 Å². The average molecular weight is 220 g/mol. The quantitative estimate of drug-likeness (QED) is 0.851. The van der Waals surface area contributed by atoms with E-state index in [0.29, 0.717) is 18.6 Å². The molecule has 1 saturated carbocycles. The summed E-state index contributed by atoms with van der Waals surface area (Å²) in [5, 5.41) is 0. The summed E-state index contributed by atoms with van der Waals surface area (Å²) in [5.74, 6) is 1.35. The maximum atomic E-state index is 6.00. The first-order valence-electron chi connectivity index (χ1n) is 6.12. The van der Waals surface area contributed by atoms with Crippen molar-refractivity contribution in [2.45, 2.75) is 45.3 Å². The molecule has 16 heavy (non-hydrogen) atoms. The average Bonchev–Trinajstić information content (AvgIpc) is 2.33. The van der Waals surface area contributed by atoms with Crippen molar-refractivity contribution in [3.8, 4) is 5.88 Å². The Morgan fingerprint density at radius 1 is 1.44 bits per heavy atom. The van der Waals surface area contributed by atoms with Crippen LogP contribution in [0.15, 0.2) is 18.3 Å². The molecular weight excluding hydrogens is 200 g/mol. The Labute approximate surface area is 97.0 Å². The second kappa shape index (κ2) is 5.30.